The van der Waals surface area contributed by atoms with Crippen LogP contribution in [0.1, 0.15) is 9.67 Å². The molecule has 94 valence electrons. The fourth-order valence-electron chi connectivity index (χ4n) is 1.19. The van der Waals surface area contributed by atoms with Gasteiger partial charge in [0.05, 0.1) is 10.0 Å². The highest BCUT2D eigenvalue weighted by Crippen LogP contribution is 2.37. The summed E-state index contributed by atoms with van der Waals surface area (Å²) in [5, 5.41) is 11.2. The zero-order valence-corrected chi connectivity index (χ0v) is 12.5. The van der Waals surface area contributed by atoms with Gasteiger partial charge in [-0.3, -0.25) is 0 Å². The van der Waals surface area contributed by atoms with Crippen molar-refractivity contribution in [2.45, 2.75) is 0 Å². The fourth-order valence-corrected chi connectivity index (χ4v) is 2.67. The number of rotatable bonds is 3. The van der Waals surface area contributed by atoms with E-state index in [1.54, 1.807) is 17.5 Å². The smallest absolute Gasteiger partial charge is 0.346 e. The number of thiophene rings is 1. The summed E-state index contributed by atoms with van der Waals surface area (Å²) in [6.45, 7) is 0. The predicted molar refractivity (Wildman–Crippen MR) is 75.5 cm³/mol. The van der Waals surface area contributed by atoms with Crippen molar-refractivity contribution >= 4 is 56.4 Å². The molecule has 18 heavy (non-hydrogen) atoms. The van der Waals surface area contributed by atoms with Crippen LogP contribution in [0.3, 0.4) is 0 Å². The lowest BCUT2D eigenvalue weighted by Gasteiger charge is -2.07. The molecule has 0 bridgehead atoms. The van der Waals surface area contributed by atoms with Gasteiger partial charge in [-0.05, 0) is 22.0 Å². The second-order valence-corrected chi connectivity index (χ2v) is 5.83. The first-order valence-electron chi connectivity index (χ1n) is 4.61. The highest BCUT2D eigenvalue weighted by Gasteiger charge is 2.11. The molecule has 0 atom stereocenters. The standard InChI is InChI=1S/C11H5BrCl2O3S/c12-6-2-8(14)9(3-7(6)13)17-5-1-10(11(15)16)18-4-5/h1-4H,(H,15,16). The fraction of sp³-hybridized carbons (Fsp3) is 0. The molecule has 2 aromatic rings. The average Bonchev–Trinajstić information content (AvgIpc) is 2.74. The molecule has 3 nitrogen and oxygen atoms in total. The Morgan fingerprint density at radius 1 is 1.28 bits per heavy atom. The van der Waals surface area contributed by atoms with E-state index in [4.69, 9.17) is 33.0 Å². The summed E-state index contributed by atoms with van der Waals surface area (Å²) in [5.41, 5.74) is 0. The Morgan fingerprint density at radius 3 is 2.61 bits per heavy atom. The topological polar surface area (TPSA) is 46.5 Å². The number of benzene rings is 1. The SMILES string of the molecule is O=C(O)c1cc(Oc2cc(Cl)c(Br)cc2Cl)cs1. The summed E-state index contributed by atoms with van der Waals surface area (Å²) in [6, 6.07) is 4.61. The summed E-state index contributed by atoms with van der Waals surface area (Å²) >= 11 is 16.2. The van der Waals surface area contributed by atoms with Gasteiger partial charge in [-0.1, -0.05) is 23.2 Å². The molecule has 2 rings (SSSR count). The van der Waals surface area contributed by atoms with Gasteiger partial charge in [0.15, 0.2) is 0 Å². The second-order valence-electron chi connectivity index (χ2n) is 3.25. The zero-order chi connectivity index (χ0) is 13.3. The quantitative estimate of drug-likeness (QED) is 0.748. The van der Waals surface area contributed by atoms with Crippen LogP contribution in [0.4, 0.5) is 0 Å². The van der Waals surface area contributed by atoms with E-state index >= 15 is 0 Å². The van der Waals surface area contributed by atoms with E-state index in [0.717, 1.165) is 11.3 Å². The van der Waals surface area contributed by atoms with Crippen LogP contribution in [0.2, 0.25) is 10.0 Å². The van der Waals surface area contributed by atoms with Crippen LogP contribution in [0.15, 0.2) is 28.1 Å². The summed E-state index contributed by atoms with van der Waals surface area (Å²) in [4.78, 5) is 10.9. The monoisotopic (exact) mass is 366 g/mol. The third kappa shape index (κ3) is 2.98. The molecular weight excluding hydrogens is 363 g/mol. The maximum Gasteiger partial charge on any atom is 0.346 e. The predicted octanol–water partition coefficient (Wildman–Crippen LogP) is 5.31. The first kappa shape index (κ1) is 13.7. The van der Waals surface area contributed by atoms with E-state index in [-0.39, 0.29) is 4.88 Å². The number of carbonyl (C=O) groups is 1. The first-order chi connectivity index (χ1) is 8.47. The number of carboxylic acid groups (broad SMARTS) is 1. The van der Waals surface area contributed by atoms with Crippen molar-refractivity contribution in [2.24, 2.45) is 0 Å². The Balaban J connectivity index is 2.28. The largest absolute Gasteiger partial charge is 0.477 e. The van der Waals surface area contributed by atoms with Gasteiger partial charge in [-0.2, -0.15) is 0 Å². The van der Waals surface area contributed by atoms with E-state index in [1.165, 1.54) is 6.07 Å². The van der Waals surface area contributed by atoms with Crippen LogP contribution in [-0.2, 0) is 0 Å². The third-order valence-corrected chi connectivity index (χ3v) is 4.38. The van der Waals surface area contributed by atoms with Crippen molar-refractivity contribution in [3.05, 3.63) is 43.0 Å². The number of halogens is 3. The van der Waals surface area contributed by atoms with Crippen LogP contribution < -0.4 is 4.74 Å². The molecule has 0 aliphatic carbocycles. The normalized spacial score (nSPS) is 10.4. The van der Waals surface area contributed by atoms with E-state index < -0.39 is 5.97 Å². The zero-order valence-electron chi connectivity index (χ0n) is 8.62. The van der Waals surface area contributed by atoms with Gasteiger partial charge in [0.1, 0.15) is 16.4 Å². The van der Waals surface area contributed by atoms with E-state index in [0.29, 0.717) is 26.0 Å². The average molecular weight is 368 g/mol. The minimum atomic E-state index is -0.991. The molecule has 0 saturated carbocycles. The highest BCUT2D eigenvalue weighted by atomic mass is 79.9. The lowest BCUT2D eigenvalue weighted by molar-refractivity contribution is 0.0702. The summed E-state index contributed by atoms with van der Waals surface area (Å²) in [7, 11) is 0. The van der Waals surface area contributed by atoms with E-state index in [1.807, 2.05) is 0 Å². The van der Waals surface area contributed by atoms with Crippen LogP contribution in [-0.4, -0.2) is 11.1 Å². The van der Waals surface area contributed by atoms with Gasteiger partial charge in [0.2, 0.25) is 0 Å². The van der Waals surface area contributed by atoms with Crippen molar-refractivity contribution in [3.8, 4) is 11.5 Å². The Labute approximate surface area is 125 Å². The third-order valence-electron chi connectivity index (χ3n) is 1.99. The lowest BCUT2D eigenvalue weighted by atomic mass is 10.3. The summed E-state index contributed by atoms with van der Waals surface area (Å²) in [6.07, 6.45) is 0. The van der Waals surface area contributed by atoms with E-state index in [9.17, 15) is 4.79 Å². The Kier molecular flexibility index (Phi) is 4.17. The summed E-state index contributed by atoms with van der Waals surface area (Å²) in [5.74, 6) is -0.202. The number of carboxylic acids is 1. The molecule has 0 spiro atoms. The van der Waals surface area contributed by atoms with Crippen molar-refractivity contribution < 1.29 is 14.6 Å². The van der Waals surface area contributed by atoms with Gasteiger partial charge in [-0.25, -0.2) is 4.79 Å². The maximum atomic E-state index is 10.7. The molecule has 7 heteroatoms. The van der Waals surface area contributed by atoms with Crippen LogP contribution in [0.25, 0.3) is 0 Å². The minimum absolute atomic E-state index is 0.198. The van der Waals surface area contributed by atoms with Gasteiger partial charge in [0, 0.05) is 22.0 Å². The Morgan fingerprint density at radius 2 is 2.00 bits per heavy atom. The molecule has 0 radical (unpaired) electrons. The molecular formula is C11H5BrCl2O3S. The molecule has 1 N–H and O–H groups in total. The lowest BCUT2D eigenvalue weighted by Crippen LogP contribution is -1.90. The number of hydrogen-bond acceptors (Lipinski definition) is 3. The molecule has 0 aliphatic heterocycles. The van der Waals surface area contributed by atoms with Crippen molar-refractivity contribution in [2.75, 3.05) is 0 Å². The van der Waals surface area contributed by atoms with Crippen molar-refractivity contribution in [1.82, 2.24) is 0 Å². The molecule has 0 amide bonds. The summed E-state index contributed by atoms with van der Waals surface area (Å²) < 4.78 is 6.15. The second kappa shape index (κ2) is 5.48. The molecule has 0 fully saturated rings. The Bertz CT molecular complexity index is 612. The Hall–Kier alpha value is -0.750. The van der Waals surface area contributed by atoms with Gasteiger partial charge >= 0.3 is 5.97 Å². The van der Waals surface area contributed by atoms with Crippen LogP contribution in [0.5, 0.6) is 11.5 Å². The number of aromatic carboxylic acids is 1. The first-order valence-corrected chi connectivity index (χ1v) is 7.04. The molecule has 1 aromatic heterocycles. The molecule has 1 heterocycles. The van der Waals surface area contributed by atoms with Crippen LogP contribution >= 0.6 is 50.5 Å². The molecule has 1 aromatic carbocycles. The molecule has 0 unspecified atom stereocenters. The van der Waals surface area contributed by atoms with E-state index in [2.05, 4.69) is 15.9 Å². The van der Waals surface area contributed by atoms with Gasteiger partial charge in [0.25, 0.3) is 0 Å². The van der Waals surface area contributed by atoms with Gasteiger partial charge < -0.3 is 9.84 Å². The molecule has 0 saturated heterocycles. The number of ether oxygens (including phenoxy) is 1. The highest BCUT2D eigenvalue weighted by molar-refractivity contribution is 9.10. The van der Waals surface area contributed by atoms with Crippen LogP contribution in [0, 0.1) is 0 Å². The number of hydrogen-bond donors (Lipinski definition) is 1. The molecule has 0 aliphatic rings. The maximum absolute atomic E-state index is 10.7. The minimum Gasteiger partial charge on any atom is -0.477 e. The van der Waals surface area contributed by atoms with Gasteiger partial charge in [-0.15, -0.1) is 11.3 Å². The van der Waals surface area contributed by atoms with Crippen molar-refractivity contribution in [1.29, 1.82) is 0 Å². The van der Waals surface area contributed by atoms with Crippen molar-refractivity contribution in [3.63, 3.8) is 0 Å².